The summed E-state index contributed by atoms with van der Waals surface area (Å²) in [5, 5.41) is 29.1. The lowest BCUT2D eigenvalue weighted by molar-refractivity contribution is -0.281. The zero-order chi connectivity index (χ0) is 15.4. The van der Waals surface area contributed by atoms with Gasteiger partial charge >= 0.3 is 5.97 Å². The van der Waals surface area contributed by atoms with E-state index in [4.69, 9.17) is 9.47 Å². The molecule has 0 radical (unpaired) electrons. The molecule has 5 unspecified atom stereocenters. The summed E-state index contributed by atoms with van der Waals surface area (Å²) in [5.74, 6) is -0.743. The predicted octanol–water partition coefficient (Wildman–Crippen LogP) is 0.0705. The van der Waals surface area contributed by atoms with Crippen LogP contribution >= 0.6 is 0 Å². The van der Waals surface area contributed by atoms with Gasteiger partial charge in [-0.05, 0) is 18.6 Å². The average molecular weight is 294 g/mol. The van der Waals surface area contributed by atoms with E-state index in [1.807, 2.05) is 30.3 Å². The molecule has 0 spiro atoms. The molecule has 114 valence electrons. The Morgan fingerprint density at radius 3 is 2.52 bits per heavy atom. The molecular formula is C15H18O6. The molecule has 0 amide bonds. The minimum Gasteiger partial charge on any atom is -0.451 e. The van der Waals surface area contributed by atoms with Crippen molar-refractivity contribution in [2.75, 3.05) is 0 Å². The van der Waals surface area contributed by atoms with Crippen LogP contribution in [-0.4, -0.2) is 52.0 Å². The molecule has 0 aromatic heterocycles. The molecule has 1 saturated heterocycles. The summed E-state index contributed by atoms with van der Waals surface area (Å²) in [5.41, 5.74) is 0.809. The Morgan fingerprint density at radius 1 is 1.19 bits per heavy atom. The smallest absolute Gasteiger partial charge is 0.331 e. The van der Waals surface area contributed by atoms with Gasteiger partial charge in [0.05, 0.1) is 6.10 Å². The first kappa shape index (κ1) is 15.7. The Balaban J connectivity index is 1.97. The third kappa shape index (κ3) is 3.89. The maximum atomic E-state index is 11.7. The van der Waals surface area contributed by atoms with Crippen molar-refractivity contribution in [2.24, 2.45) is 0 Å². The van der Waals surface area contributed by atoms with Crippen molar-refractivity contribution >= 4 is 12.0 Å². The van der Waals surface area contributed by atoms with E-state index >= 15 is 0 Å². The number of benzene rings is 1. The van der Waals surface area contributed by atoms with E-state index < -0.39 is 36.7 Å². The number of aliphatic hydroxyl groups is 3. The van der Waals surface area contributed by atoms with E-state index in [2.05, 4.69) is 0 Å². The van der Waals surface area contributed by atoms with Crippen LogP contribution in [0.4, 0.5) is 0 Å². The zero-order valence-corrected chi connectivity index (χ0v) is 11.5. The van der Waals surface area contributed by atoms with E-state index in [1.54, 1.807) is 6.08 Å². The molecule has 1 heterocycles. The van der Waals surface area contributed by atoms with Crippen LogP contribution in [0.2, 0.25) is 0 Å². The first-order chi connectivity index (χ1) is 9.99. The van der Waals surface area contributed by atoms with Gasteiger partial charge in [-0.2, -0.15) is 0 Å². The maximum Gasteiger partial charge on any atom is 0.331 e. The van der Waals surface area contributed by atoms with Crippen LogP contribution in [0.5, 0.6) is 0 Å². The highest BCUT2D eigenvalue weighted by Gasteiger charge is 2.44. The normalized spacial score (nSPS) is 33.0. The maximum absolute atomic E-state index is 11.7. The molecule has 1 aliphatic heterocycles. The van der Waals surface area contributed by atoms with E-state index in [0.29, 0.717) is 0 Å². The Labute approximate surface area is 122 Å². The second-order valence-corrected chi connectivity index (χ2v) is 4.86. The first-order valence-corrected chi connectivity index (χ1v) is 6.62. The number of rotatable bonds is 3. The van der Waals surface area contributed by atoms with Crippen molar-refractivity contribution < 1.29 is 29.6 Å². The van der Waals surface area contributed by atoms with Crippen LogP contribution in [0.25, 0.3) is 6.08 Å². The summed E-state index contributed by atoms with van der Waals surface area (Å²) in [6, 6.07) is 9.12. The Hall–Kier alpha value is -1.73. The van der Waals surface area contributed by atoms with Gasteiger partial charge in [-0.15, -0.1) is 0 Å². The molecule has 6 nitrogen and oxygen atoms in total. The summed E-state index contributed by atoms with van der Waals surface area (Å²) in [6.07, 6.45) is -3.47. The van der Waals surface area contributed by atoms with Crippen LogP contribution in [0.3, 0.4) is 0 Å². The molecule has 0 saturated carbocycles. The van der Waals surface area contributed by atoms with Gasteiger partial charge in [0.25, 0.3) is 0 Å². The molecule has 0 bridgehead atoms. The van der Waals surface area contributed by atoms with E-state index in [9.17, 15) is 20.1 Å². The van der Waals surface area contributed by atoms with Crippen molar-refractivity contribution in [3.63, 3.8) is 0 Å². The summed E-state index contributed by atoms with van der Waals surface area (Å²) in [7, 11) is 0. The number of ether oxygens (including phenoxy) is 2. The number of hydrogen-bond acceptors (Lipinski definition) is 6. The average Bonchev–Trinajstić information content (AvgIpc) is 2.48. The predicted molar refractivity (Wildman–Crippen MR) is 73.9 cm³/mol. The molecular weight excluding hydrogens is 276 g/mol. The van der Waals surface area contributed by atoms with E-state index in [-0.39, 0.29) is 0 Å². The lowest BCUT2D eigenvalue weighted by atomic mass is 10.00. The molecule has 3 N–H and O–H groups in total. The minimum absolute atomic E-state index is 0.743. The number of carbonyl (C=O) groups is 1. The van der Waals surface area contributed by atoms with Gasteiger partial charge in [0.2, 0.25) is 0 Å². The van der Waals surface area contributed by atoms with Crippen LogP contribution in [0.1, 0.15) is 12.5 Å². The Morgan fingerprint density at radius 2 is 1.86 bits per heavy atom. The first-order valence-electron chi connectivity index (χ1n) is 6.62. The van der Waals surface area contributed by atoms with Crippen molar-refractivity contribution in [1.29, 1.82) is 0 Å². The SMILES string of the molecule is CC1OC(O)C(OC(=O)C=Cc2ccccc2)C(O)C1O. The van der Waals surface area contributed by atoms with Gasteiger partial charge < -0.3 is 24.8 Å². The highest BCUT2D eigenvalue weighted by molar-refractivity contribution is 5.87. The number of hydrogen-bond donors (Lipinski definition) is 3. The molecule has 0 aliphatic carbocycles. The van der Waals surface area contributed by atoms with Crippen LogP contribution in [-0.2, 0) is 14.3 Å². The fraction of sp³-hybridized carbons (Fsp3) is 0.400. The molecule has 21 heavy (non-hydrogen) atoms. The fourth-order valence-corrected chi connectivity index (χ4v) is 2.05. The Bertz CT molecular complexity index is 500. The molecule has 6 heteroatoms. The van der Waals surface area contributed by atoms with E-state index in [0.717, 1.165) is 5.56 Å². The molecule has 1 aromatic carbocycles. The van der Waals surface area contributed by atoms with Crippen molar-refractivity contribution in [3.05, 3.63) is 42.0 Å². The molecule has 1 fully saturated rings. The highest BCUT2D eigenvalue weighted by Crippen LogP contribution is 2.22. The van der Waals surface area contributed by atoms with Gasteiger partial charge in [0.1, 0.15) is 12.2 Å². The van der Waals surface area contributed by atoms with Crippen molar-refractivity contribution in [3.8, 4) is 0 Å². The standard InChI is InChI=1S/C15H18O6/c1-9-12(17)13(18)14(15(19)20-9)21-11(16)8-7-10-5-3-2-4-6-10/h2-9,12-15,17-19H,1H3. The lowest BCUT2D eigenvalue weighted by Gasteiger charge is -2.38. The molecule has 5 atom stereocenters. The lowest BCUT2D eigenvalue weighted by Crippen LogP contribution is -2.57. The van der Waals surface area contributed by atoms with Gasteiger partial charge in [0.15, 0.2) is 12.4 Å². The number of aliphatic hydroxyl groups excluding tert-OH is 3. The Kier molecular flexibility index (Phi) is 5.08. The second-order valence-electron chi connectivity index (χ2n) is 4.86. The summed E-state index contributed by atoms with van der Waals surface area (Å²) < 4.78 is 9.93. The number of esters is 1. The van der Waals surface area contributed by atoms with E-state index in [1.165, 1.54) is 13.0 Å². The number of carbonyl (C=O) groups excluding carboxylic acids is 1. The zero-order valence-electron chi connectivity index (χ0n) is 11.5. The molecule has 2 rings (SSSR count). The van der Waals surface area contributed by atoms with Crippen LogP contribution in [0.15, 0.2) is 36.4 Å². The van der Waals surface area contributed by atoms with Crippen molar-refractivity contribution in [1.82, 2.24) is 0 Å². The third-order valence-corrected chi connectivity index (χ3v) is 3.27. The van der Waals surface area contributed by atoms with Crippen LogP contribution in [0, 0.1) is 0 Å². The summed E-state index contributed by atoms with van der Waals surface area (Å²) in [4.78, 5) is 11.7. The summed E-state index contributed by atoms with van der Waals surface area (Å²) >= 11 is 0. The van der Waals surface area contributed by atoms with Crippen LogP contribution < -0.4 is 0 Å². The minimum atomic E-state index is -1.48. The fourth-order valence-electron chi connectivity index (χ4n) is 2.05. The highest BCUT2D eigenvalue weighted by atomic mass is 16.7. The summed E-state index contributed by atoms with van der Waals surface area (Å²) in [6.45, 7) is 1.50. The molecule has 1 aromatic rings. The van der Waals surface area contributed by atoms with Gasteiger partial charge in [-0.25, -0.2) is 4.79 Å². The molecule has 1 aliphatic rings. The monoisotopic (exact) mass is 294 g/mol. The van der Waals surface area contributed by atoms with Crippen molar-refractivity contribution in [2.45, 2.75) is 37.6 Å². The second kappa shape index (κ2) is 6.82. The van der Waals surface area contributed by atoms with Gasteiger partial charge in [-0.3, -0.25) is 0 Å². The van der Waals surface area contributed by atoms with Gasteiger partial charge in [-0.1, -0.05) is 30.3 Å². The topological polar surface area (TPSA) is 96.2 Å². The largest absolute Gasteiger partial charge is 0.451 e. The quantitative estimate of drug-likeness (QED) is 0.539. The van der Waals surface area contributed by atoms with Gasteiger partial charge in [0, 0.05) is 6.08 Å². The third-order valence-electron chi connectivity index (χ3n) is 3.27.